The van der Waals surface area contributed by atoms with E-state index in [0.717, 1.165) is 30.9 Å². The minimum absolute atomic E-state index is 0.0953. The normalized spacial score (nSPS) is 14.8. The molecule has 0 unspecified atom stereocenters. The lowest BCUT2D eigenvalue weighted by molar-refractivity contribution is 0.0629. The second-order valence-corrected chi connectivity index (χ2v) is 6.70. The second kappa shape index (κ2) is 8.68. The van der Waals surface area contributed by atoms with Gasteiger partial charge in [-0.25, -0.2) is 4.79 Å². The first kappa shape index (κ1) is 18.9. The van der Waals surface area contributed by atoms with Gasteiger partial charge in [-0.1, -0.05) is 22.9 Å². The molecule has 3 amide bonds. The van der Waals surface area contributed by atoms with E-state index in [0.29, 0.717) is 31.1 Å². The molecule has 0 spiro atoms. The zero-order valence-electron chi connectivity index (χ0n) is 15.7. The highest BCUT2D eigenvalue weighted by atomic mass is 16.5. The number of anilines is 1. The van der Waals surface area contributed by atoms with Crippen LogP contribution in [0.5, 0.6) is 0 Å². The monoisotopic (exact) mass is 371 g/mol. The van der Waals surface area contributed by atoms with Crippen LogP contribution in [0.1, 0.15) is 21.8 Å². The fourth-order valence-corrected chi connectivity index (χ4v) is 2.94. The molecule has 0 saturated carbocycles. The average Bonchev–Trinajstić information content (AvgIpc) is 3.10. The zero-order valence-corrected chi connectivity index (χ0v) is 15.7. The van der Waals surface area contributed by atoms with Gasteiger partial charge in [0.25, 0.3) is 5.91 Å². The van der Waals surface area contributed by atoms with Gasteiger partial charge in [-0.2, -0.15) is 0 Å². The summed E-state index contributed by atoms with van der Waals surface area (Å²) in [6.07, 6.45) is 0. The zero-order chi connectivity index (χ0) is 19.2. The van der Waals surface area contributed by atoms with Gasteiger partial charge in [0, 0.05) is 51.0 Å². The standard InChI is InChI=1S/C19H25N5O3/c1-14-3-5-16(6-4-14)21-19(26)20-7-8-23-9-11-24(12-10-23)18(25)17-13-15(2)27-22-17/h3-6,13H,7-12H2,1-2H3,(H2,20,21,26). The number of aryl methyl sites for hydroxylation is 2. The molecule has 1 fully saturated rings. The van der Waals surface area contributed by atoms with Crippen molar-refractivity contribution in [3.63, 3.8) is 0 Å². The summed E-state index contributed by atoms with van der Waals surface area (Å²) in [5.74, 6) is 0.536. The van der Waals surface area contributed by atoms with Gasteiger partial charge in [0.05, 0.1) is 0 Å². The molecule has 1 saturated heterocycles. The molecule has 2 N–H and O–H groups in total. The highest BCUT2D eigenvalue weighted by molar-refractivity contribution is 5.92. The number of benzene rings is 1. The van der Waals surface area contributed by atoms with Gasteiger partial charge >= 0.3 is 6.03 Å². The molecule has 0 bridgehead atoms. The molecule has 0 radical (unpaired) electrons. The molecule has 0 aliphatic carbocycles. The Bertz CT molecular complexity index is 779. The molecule has 8 nitrogen and oxygen atoms in total. The third-order valence-corrected chi connectivity index (χ3v) is 4.53. The Morgan fingerprint density at radius 2 is 1.81 bits per heavy atom. The lowest BCUT2D eigenvalue weighted by atomic mass is 10.2. The maximum atomic E-state index is 12.3. The number of hydrogen-bond donors (Lipinski definition) is 2. The largest absolute Gasteiger partial charge is 0.361 e. The predicted molar refractivity (Wildman–Crippen MR) is 102 cm³/mol. The number of aromatic nitrogens is 1. The van der Waals surface area contributed by atoms with Crippen LogP contribution in [0.15, 0.2) is 34.9 Å². The van der Waals surface area contributed by atoms with Gasteiger partial charge in [-0.15, -0.1) is 0 Å². The fourth-order valence-electron chi connectivity index (χ4n) is 2.94. The molecule has 2 aromatic rings. The Kier molecular flexibility index (Phi) is 6.08. The van der Waals surface area contributed by atoms with E-state index in [1.54, 1.807) is 17.9 Å². The topological polar surface area (TPSA) is 90.7 Å². The molecule has 2 heterocycles. The first-order valence-electron chi connectivity index (χ1n) is 9.08. The summed E-state index contributed by atoms with van der Waals surface area (Å²) in [5, 5.41) is 9.46. The van der Waals surface area contributed by atoms with E-state index in [2.05, 4.69) is 20.7 Å². The Hall–Kier alpha value is -2.87. The third-order valence-electron chi connectivity index (χ3n) is 4.53. The van der Waals surface area contributed by atoms with Crippen LogP contribution in [0.25, 0.3) is 0 Å². The Morgan fingerprint density at radius 3 is 2.44 bits per heavy atom. The molecule has 3 rings (SSSR count). The molecular weight excluding hydrogens is 346 g/mol. The number of carbonyl (C=O) groups excluding carboxylic acids is 2. The lowest BCUT2D eigenvalue weighted by Gasteiger charge is -2.34. The molecule has 1 aromatic carbocycles. The highest BCUT2D eigenvalue weighted by Crippen LogP contribution is 2.10. The smallest absolute Gasteiger partial charge is 0.319 e. The molecule has 0 atom stereocenters. The molecule has 27 heavy (non-hydrogen) atoms. The van der Waals surface area contributed by atoms with E-state index in [-0.39, 0.29) is 11.9 Å². The van der Waals surface area contributed by atoms with Crippen LogP contribution in [0.3, 0.4) is 0 Å². The molecule has 144 valence electrons. The molecule has 1 aromatic heterocycles. The molecular formula is C19H25N5O3. The Labute approximate surface area is 158 Å². The summed E-state index contributed by atoms with van der Waals surface area (Å²) in [4.78, 5) is 28.3. The van der Waals surface area contributed by atoms with Crippen LogP contribution in [-0.4, -0.2) is 66.2 Å². The summed E-state index contributed by atoms with van der Waals surface area (Å²) in [6, 6.07) is 9.11. The highest BCUT2D eigenvalue weighted by Gasteiger charge is 2.24. The second-order valence-electron chi connectivity index (χ2n) is 6.70. The van der Waals surface area contributed by atoms with Gasteiger partial charge in [0.2, 0.25) is 0 Å². The van der Waals surface area contributed by atoms with Crippen LogP contribution in [0, 0.1) is 13.8 Å². The minimum Gasteiger partial charge on any atom is -0.361 e. The first-order valence-corrected chi connectivity index (χ1v) is 9.08. The number of amides is 3. The van der Waals surface area contributed by atoms with Crippen molar-refractivity contribution in [3.05, 3.63) is 47.3 Å². The van der Waals surface area contributed by atoms with Crippen LogP contribution in [-0.2, 0) is 0 Å². The van der Waals surface area contributed by atoms with E-state index >= 15 is 0 Å². The fraction of sp³-hybridized carbons (Fsp3) is 0.421. The van der Waals surface area contributed by atoms with Crippen molar-refractivity contribution in [1.29, 1.82) is 0 Å². The van der Waals surface area contributed by atoms with Gasteiger partial charge in [0.1, 0.15) is 5.76 Å². The molecule has 1 aliphatic heterocycles. The predicted octanol–water partition coefficient (Wildman–Crippen LogP) is 1.87. The van der Waals surface area contributed by atoms with Crippen molar-refractivity contribution in [2.75, 3.05) is 44.6 Å². The summed E-state index contributed by atoms with van der Waals surface area (Å²) in [7, 11) is 0. The summed E-state index contributed by atoms with van der Waals surface area (Å²) < 4.78 is 4.97. The number of nitrogens with one attached hydrogen (secondary N) is 2. The van der Waals surface area contributed by atoms with Gasteiger partial charge in [-0.05, 0) is 26.0 Å². The lowest BCUT2D eigenvalue weighted by Crippen LogP contribution is -2.50. The van der Waals surface area contributed by atoms with E-state index in [4.69, 9.17) is 4.52 Å². The van der Waals surface area contributed by atoms with Crippen LogP contribution < -0.4 is 10.6 Å². The van der Waals surface area contributed by atoms with Crippen LogP contribution in [0.4, 0.5) is 10.5 Å². The number of urea groups is 1. The summed E-state index contributed by atoms with van der Waals surface area (Å²) >= 11 is 0. The van der Waals surface area contributed by atoms with E-state index in [9.17, 15) is 9.59 Å². The first-order chi connectivity index (χ1) is 13.0. The van der Waals surface area contributed by atoms with Gasteiger partial charge < -0.3 is 20.1 Å². The van der Waals surface area contributed by atoms with Crippen molar-refractivity contribution < 1.29 is 14.1 Å². The number of nitrogens with zero attached hydrogens (tertiary/aromatic N) is 3. The SMILES string of the molecule is Cc1ccc(NC(=O)NCCN2CCN(C(=O)c3cc(C)on3)CC2)cc1. The number of carbonyl (C=O) groups is 2. The van der Waals surface area contributed by atoms with Gasteiger partial charge in [0.15, 0.2) is 5.69 Å². The molecule has 8 heteroatoms. The molecule has 1 aliphatic rings. The van der Waals surface area contributed by atoms with Crippen LogP contribution >= 0.6 is 0 Å². The maximum Gasteiger partial charge on any atom is 0.319 e. The van der Waals surface area contributed by atoms with Crippen molar-refractivity contribution in [2.45, 2.75) is 13.8 Å². The minimum atomic E-state index is -0.214. The van der Waals surface area contributed by atoms with E-state index in [1.165, 1.54) is 0 Å². The number of hydrogen-bond acceptors (Lipinski definition) is 5. The van der Waals surface area contributed by atoms with Gasteiger partial charge in [-0.3, -0.25) is 9.69 Å². The van der Waals surface area contributed by atoms with Crippen molar-refractivity contribution in [1.82, 2.24) is 20.3 Å². The van der Waals surface area contributed by atoms with E-state index in [1.807, 2.05) is 31.2 Å². The summed E-state index contributed by atoms with van der Waals surface area (Å²) in [6.45, 7) is 7.88. The van der Waals surface area contributed by atoms with Crippen LogP contribution in [0.2, 0.25) is 0 Å². The Morgan fingerprint density at radius 1 is 1.11 bits per heavy atom. The quantitative estimate of drug-likeness (QED) is 0.837. The average molecular weight is 371 g/mol. The van der Waals surface area contributed by atoms with Crippen molar-refractivity contribution >= 4 is 17.6 Å². The van der Waals surface area contributed by atoms with Crippen molar-refractivity contribution in [2.24, 2.45) is 0 Å². The summed E-state index contributed by atoms with van der Waals surface area (Å²) in [5.41, 5.74) is 2.28. The van der Waals surface area contributed by atoms with Crippen molar-refractivity contribution in [3.8, 4) is 0 Å². The van der Waals surface area contributed by atoms with E-state index < -0.39 is 0 Å². The number of rotatable bonds is 5. The maximum absolute atomic E-state index is 12.3. The number of piperazine rings is 1. The third kappa shape index (κ3) is 5.30. The Balaban J connectivity index is 1.35.